The van der Waals surface area contributed by atoms with E-state index in [-0.39, 0.29) is 5.43 Å². The summed E-state index contributed by atoms with van der Waals surface area (Å²) >= 11 is 0. The summed E-state index contributed by atoms with van der Waals surface area (Å²) in [5.41, 5.74) is 0.718. The summed E-state index contributed by atoms with van der Waals surface area (Å²) < 4.78 is 6.13. The first-order chi connectivity index (χ1) is 11.7. The SMILES string of the molecule is CCCCN(CCCC)c1cc(=O)c2c(ccc3ccccc32)o1. The Labute approximate surface area is 142 Å². The molecule has 0 atom stereocenters. The summed E-state index contributed by atoms with van der Waals surface area (Å²) in [7, 11) is 0. The van der Waals surface area contributed by atoms with Gasteiger partial charge >= 0.3 is 0 Å². The normalized spacial score (nSPS) is 11.2. The second-order valence-electron chi connectivity index (χ2n) is 6.30. The Morgan fingerprint density at radius 1 is 0.958 bits per heavy atom. The van der Waals surface area contributed by atoms with Crippen LogP contribution in [-0.2, 0) is 0 Å². The molecule has 3 nitrogen and oxygen atoms in total. The molecular weight excluding hydrogens is 298 g/mol. The highest BCUT2D eigenvalue weighted by molar-refractivity contribution is 6.05. The van der Waals surface area contributed by atoms with E-state index in [9.17, 15) is 4.79 Å². The summed E-state index contributed by atoms with van der Waals surface area (Å²) in [4.78, 5) is 15.0. The number of fused-ring (bicyclic) bond motifs is 3. The van der Waals surface area contributed by atoms with Gasteiger partial charge in [0.1, 0.15) is 5.58 Å². The van der Waals surface area contributed by atoms with Crippen molar-refractivity contribution in [1.29, 1.82) is 0 Å². The molecule has 126 valence electrons. The van der Waals surface area contributed by atoms with Crippen LogP contribution in [0.15, 0.2) is 51.7 Å². The molecule has 0 aliphatic carbocycles. The van der Waals surface area contributed by atoms with Crippen molar-refractivity contribution in [2.45, 2.75) is 39.5 Å². The molecule has 0 radical (unpaired) electrons. The fourth-order valence-electron chi connectivity index (χ4n) is 3.10. The molecule has 1 heterocycles. The number of hydrogen-bond donors (Lipinski definition) is 0. The molecule has 0 aliphatic heterocycles. The fraction of sp³-hybridized carbons (Fsp3) is 0.381. The Hall–Kier alpha value is -2.29. The Morgan fingerprint density at radius 2 is 1.67 bits per heavy atom. The van der Waals surface area contributed by atoms with Crippen molar-refractivity contribution in [2.75, 3.05) is 18.0 Å². The lowest BCUT2D eigenvalue weighted by molar-refractivity contribution is 0.553. The topological polar surface area (TPSA) is 33.5 Å². The predicted molar refractivity (Wildman–Crippen MR) is 102 cm³/mol. The van der Waals surface area contributed by atoms with Crippen LogP contribution < -0.4 is 10.3 Å². The van der Waals surface area contributed by atoms with Gasteiger partial charge in [0.15, 0.2) is 11.3 Å². The number of hydrogen-bond acceptors (Lipinski definition) is 3. The van der Waals surface area contributed by atoms with Crippen LogP contribution in [0.1, 0.15) is 39.5 Å². The molecule has 0 N–H and O–H groups in total. The molecule has 2 aromatic carbocycles. The zero-order valence-electron chi connectivity index (χ0n) is 14.5. The molecule has 0 fully saturated rings. The van der Waals surface area contributed by atoms with E-state index >= 15 is 0 Å². The van der Waals surface area contributed by atoms with Crippen molar-refractivity contribution < 1.29 is 4.42 Å². The maximum absolute atomic E-state index is 12.8. The first-order valence-corrected chi connectivity index (χ1v) is 8.95. The number of rotatable bonds is 7. The van der Waals surface area contributed by atoms with Crippen LogP contribution >= 0.6 is 0 Å². The third-order valence-electron chi connectivity index (χ3n) is 4.48. The monoisotopic (exact) mass is 323 g/mol. The van der Waals surface area contributed by atoms with Crippen LogP contribution in [0.25, 0.3) is 21.7 Å². The molecular formula is C21H25NO2. The molecule has 3 heteroatoms. The van der Waals surface area contributed by atoms with E-state index in [2.05, 4.69) is 18.7 Å². The molecule has 0 amide bonds. The minimum Gasteiger partial charge on any atom is -0.440 e. The Balaban J connectivity index is 2.09. The van der Waals surface area contributed by atoms with Gasteiger partial charge in [0.25, 0.3) is 0 Å². The molecule has 0 spiro atoms. The minimum atomic E-state index is 0.0426. The first-order valence-electron chi connectivity index (χ1n) is 8.95. The number of unbranched alkanes of at least 4 members (excludes halogenated alkanes) is 2. The van der Waals surface area contributed by atoms with E-state index in [1.54, 1.807) is 6.07 Å². The van der Waals surface area contributed by atoms with Gasteiger partial charge in [-0.05, 0) is 29.7 Å². The van der Waals surface area contributed by atoms with Crippen LogP contribution in [0.4, 0.5) is 5.88 Å². The summed E-state index contributed by atoms with van der Waals surface area (Å²) in [6, 6.07) is 13.6. The molecule has 0 saturated heterocycles. The van der Waals surface area contributed by atoms with E-state index in [1.807, 2.05) is 36.4 Å². The van der Waals surface area contributed by atoms with Crippen LogP contribution in [0.2, 0.25) is 0 Å². The van der Waals surface area contributed by atoms with E-state index in [4.69, 9.17) is 4.42 Å². The largest absolute Gasteiger partial charge is 0.440 e. The molecule has 24 heavy (non-hydrogen) atoms. The Kier molecular flexibility index (Phi) is 5.19. The van der Waals surface area contributed by atoms with Gasteiger partial charge in [0, 0.05) is 19.2 Å². The van der Waals surface area contributed by atoms with Gasteiger partial charge in [-0.2, -0.15) is 0 Å². The van der Waals surface area contributed by atoms with Crippen molar-refractivity contribution in [3.8, 4) is 0 Å². The number of nitrogens with zero attached hydrogens (tertiary/aromatic N) is 1. The summed E-state index contributed by atoms with van der Waals surface area (Å²) in [6.07, 6.45) is 4.46. The summed E-state index contributed by atoms with van der Waals surface area (Å²) in [5.74, 6) is 0.699. The third kappa shape index (κ3) is 3.30. The quantitative estimate of drug-likeness (QED) is 0.549. The molecule has 3 aromatic rings. The lowest BCUT2D eigenvalue weighted by Crippen LogP contribution is -2.26. The van der Waals surface area contributed by atoms with E-state index < -0.39 is 0 Å². The molecule has 0 aliphatic rings. The lowest BCUT2D eigenvalue weighted by Gasteiger charge is -2.23. The molecule has 1 aromatic heterocycles. The maximum Gasteiger partial charge on any atom is 0.199 e. The second kappa shape index (κ2) is 7.52. The van der Waals surface area contributed by atoms with Crippen LogP contribution in [0.3, 0.4) is 0 Å². The summed E-state index contributed by atoms with van der Waals surface area (Å²) in [6.45, 7) is 6.22. The number of benzene rings is 2. The Bertz CT molecular complexity index is 874. The smallest absolute Gasteiger partial charge is 0.199 e. The van der Waals surface area contributed by atoms with Gasteiger partial charge in [-0.25, -0.2) is 0 Å². The van der Waals surface area contributed by atoms with Gasteiger partial charge in [0.05, 0.1) is 5.39 Å². The lowest BCUT2D eigenvalue weighted by atomic mass is 10.1. The average Bonchev–Trinajstić information content (AvgIpc) is 2.61. The fourth-order valence-corrected chi connectivity index (χ4v) is 3.10. The van der Waals surface area contributed by atoms with Crippen LogP contribution in [0, 0.1) is 0 Å². The van der Waals surface area contributed by atoms with Crippen molar-refractivity contribution in [2.24, 2.45) is 0 Å². The standard InChI is InChI=1S/C21H25NO2/c1-3-5-13-22(14-6-4-2)20-15-18(23)21-17-10-8-7-9-16(17)11-12-19(21)24-20/h7-12,15H,3-6,13-14H2,1-2H3. The molecule has 3 rings (SSSR count). The minimum absolute atomic E-state index is 0.0426. The Morgan fingerprint density at radius 3 is 2.38 bits per heavy atom. The average molecular weight is 323 g/mol. The predicted octanol–water partition coefficient (Wildman–Crippen LogP) is 5.35. The summed E-state index contributed by atoms with van der Waals surface area (Å²) in [5, 5.41) is 2.71. The molecule has 0 saturated carbocycles. The number of anilines is 1. The van der Waals surface area contributed by atoms with Crippen molar-refractivity contribution in [1.82, 2.24) is 0 Å². The highest BCUT2D eigenvalue weighted by Gasteiger charge is 2.13. The highest BCUT2D eigenvalue weighted by atomic mass is 16.4. The molecule has 0 unspecified atom stereocenters. The zero-order valence-corrected chi connectivity index (χ0v) is 14.5. The van der Waals surface area contributed by atoms with E-state index in [0.717, 1.165) is 49.5 Å². The van der Waals surface area contributed by atoms with Crippen molar-refractivity contribution >= 4 is 27.6 Å². The molecule has 0 bridgehead atoms. The zero-order chi connectivity index (χ0) is 16.9. The van der Waals surface area contributed by atoms with Gasteiger partial charge < -0.3 is 9.32 Å². The van der Waals surface area contributed by atoms with Gasteiger partial charge in [-0.3, -0.25) is 4.79 Å². The van der Waals surface area contributed by atoms with Crippen LogP contribution in [0.5, 0.6) is 0 Å². The first kappa shape index (κ1) is 16.6. The maximum atomic E-state index is 12.8. The van der Waals surface area contributed by atoms with Gasteiger partial charge in [0.2, 0.25) is 0 Å². The third-order valence-corrected chi connectivity index (χ3v) is 4.48. The van der Waals surface area contributed by atoms with Crippen molar-refractivity contribution in [3.05, 3.63) is 52.7 Å². The van der Waals surface area contributed by atoms with Crippen LogP contribution in [-0.4, -0.2) is 13.1 Å². The van der Waals surface area contributed by atoms with E-state index in [1.165, 1.54) is 0 Å². The van der Waals surface area contributed by atoms with Gasteiger partial charge in [-0.15, -0.1) is 0 Å². The second-order valence-corrected chi connectivity index (χ2v) is 6.30. The highest BCUT2D eigenvalue weighted by Crippen LogP contribution is 2.26. The van der Waals surface area contributed by atoms with Crippen molar-refractivity contribution in [3.63, 3.8) is 0 Å². The van der Waals surface area contributed by atoms with Gasteiger partial charge in [-0.1, -0.05) is 57.0 Å². The van der Waals surface area contributed by atoms with E-state index in [0.29, 0.717) is 16.9 Å².